The second kappa shape index (κ2) is 8.43. The molecule has 0 aliphatic heterocycles. The van der Waals surface area contributed by atoms with Gasteiger partial charge in [0.05, 0.1) is 0 Å². The van der Waals surface area contributed by atoms with Crippen molar-refractivity contribution < 1.29 is 0 Å². The van der Waals surface area contributed by atoms with Crippen molar-refractivity contribution >= 4 is 5.69 Å². The van der Waals surface area contributed by atoms with Gasteiger partial charge < -0.3 is 10.2 Å². The van der Waals surface area contributed by atoms with E-state index in [9.17, 15) is 0 Å². The van der Waals surface area contributed by atoms with Gasteiger partial charge in [-0.25, -0.2) is 0 Å². The maximum atomic E-state index is 3.72. The summed E-state index contributed by atoms with van der Waals surface area (Å²) in [6, 6.07) is 10.3. The molecule has 118 valence electrons. The van der Waals surface area contributed by atoms with E-state index in [0.29, 0.717) is 6.04 Å². The smallest absolute Gasteiger partial charge is 0.0417 e. The number of anilines is 1. The summed E-state index contributed by atoms with van der Waals surface area (Å²) in [5.41, 5.74) is 2.95. The molecule has 0 aromatic heterocycles. The predicted octanol–water partition coefficient (Wildman–Crippen LogP) is 4.91. The quantitative estimate of drug-likeness (QED) is 0.731. The minimum atomic E-state index is 0.483. The van der Waals surface area contributed by atoms with Gasteiger partial charge in [-0.1, -0.05) is 44.9 Å². The second-order valence-corrected chi connectivity index (χ2v) is 6.20. The minimum absolute atomic E-state index is 0.483. The van der Waals surface area contributed by atoms with Crippen molar-refractivity contribution in [2.24, 2.45) is 0 Å². The third-order valence-corrected chi connectivity index (χ3v) is 4.78. The molecule has 1 aromatic carbocycles. The summed E-state index contributed by atoms with van der Waals surface area (Å²) in [4.78, 5) is 2.65. The number of para-hydroxylation sites is 1. The monoisotopic (exact) mass is 288 g/mol. The molecule has 1 saturated carbocycles. The Morgan fingerprint density at radius 2 is 1.86 bits per heavy atom. The number of benzene rings is 1. The van der Waals surface area contributed by atoms with Crippen LogP contribution in [-0.4, -0.2) is 19.1 Å². The van der Waals surface area contributed by atoms with Gasteiger partial charge in [0.15, 0.2) is 0 Å². The van der Waals surface area contributed by atoms with E-state index in [-0.39, 0.29) is 0 Å². The molecule has 0 saturated heterocycles. The van der Waals surface area contributed by atoms with Crippen molar-refractivity contribution in [3.05, 3.63) is 29.8 Å². The van der Waals surface area contributed by atoms with Crippen LogP contribution in [0.15, 0.2) is 24.3 Å². The predicted molar refractivity (Wildman–Crippen MR) is 93.0 cm³/mol. The Morgan fingerprint density at radius 3 is 2.48 bits per heavy atom. The Kier molecular flexibility index (Phi) is 6.56. The van der Waals surface area contributed by atoms with E-state index < -0.39 is 0 Å². The number of nitrogens with zero attached hydrogens (tertiary/aromatic N) is 1. The Hall–Kier alpha value is -1.02. The lowest BCUT2D eigenvalue weighted by atomic mass is 10.00. The van der Waals surface area contributed by atoms with E-state index >= 15 is 0 Å². The maximum Gasteiger partial charge on any atom is 0.0417 e. The molecule has 1 fully saturated rings. The fourth-order valence-electron chi connectivity index (χ4n) is 3.68. The molecule has 2 heteroatoms. The fraction of sp³-hybridized carbons (Fsp3) is 0.684. The SMILES string of the molecule is CCCNC(CC)c1ccccc1N(CC)C1CCCC1. The van der Waals surface area contributed by atoms with Crippen LogP contribution >= 0.6 is 0 Å². The molecule has 1 aliphatic carbocycles. The molecule has 0 radical (unpaired) electrons. The highest BCUT2D eigenvalue weighted by molar-refractivity contribution is 5.56. The number of nitrogens with one attached hydrogen (secondary N) is 1. The maximum absolute atomic E-state index is 3.72. The molecular formula is C19H32N2. The lowest BCUT2D eigenvalue weighted by molar-refractivity contribution is 0.514. The van der Waals surface area contributed by atoms with Gasteiger partial charge >= 0.3 is 0 Å². The molecule has 0 heterocycles. The van der Waals surface area contributed by atoms with Crippen LogP contribution in [-0.2, 0) is 0 Å². The second-order valence-electron chi connectivity index (χ2n) is 6.20. The van der Waals surface area contributed by atoms with Gasteiger partial charge in [-0.2, -0.15) is 0 Å². The normalized spacial score (nSPS) is 17.1. The Morgan fingerprint density at radius 1 is 1.14 bits per heavy atom. The standard InChI is InChI=1S/C19H32N2/c1-4-15-20-18(5-2)17-13-9-10-14-19(17)21(6-3)16-11-7-8-12-16/h9-10,13-14,16,18,20H,4-8,11-12,15H2,1-3H3. The molecule has 2 nitrogen and oxygen atoms in total. The minimum Gasteiger partial charge on any atom is -0.369 e. The van der Waals surface area contributed by atoms with E-state index in [4.69, 9.17) is 0 Å². The molecule has 0 amide bonds. The average molecular weight is 288 g/mol. The fourth-order valence-corrected chi connectivity index (χ4v) is 3.68. The molecular weight excluding hydrogens is 256 g/mol. The lowest BCUT2D eigenvalue weighted by Gasteiger charge is -2.33. The van der Waals surface area contributed by atoms with Gasteiger partial charge in [0, 0.05) is 24.3 Å². The van der Waals surface area contributed by atoms with Crippen LogP contribution < -0.4 is 10.2 Å². The molecule has 2 rings (SSSR count). The van der Waals surface area contributed by atoms with Crippen molar-refractivity contribution in [2.45, 2.75) is 71.4 Å². The van der Waals surface area contributed by atoms with Crippen LogP contribution in [0.25, 0.3) is 0 Å². The van der Waals surface area contributed by atoms with Gasteiger partial charge in [-0.15, -0.1) is 0 Å². The van der Waals surface area contributed by atoms with E-state index in [1.165, 1.54) is 43.4 Å². The Labute approximate surface area is 130 Å². The first-order chi connectivity index (χ1) is 10.3. The highest BCUT2D eigenvalue weighted by atomic mass is 15.2. The molecule has 1 atom stereocenters. The van der Waals surface area contributed by atoms with Gasteiger partial charge in [0.25, 0.3) is 0 Å². The molecule has 1 aromatic rings. The van der Waals surface area contributed by atoms with E-state index in [1.54, 1.807) is 0 Å². The summed E-state index contributed by atoms with van der Waals surface area (Å²) >= 11 is 0. The molecule has 1 unspecified atom stereocenters. The molecule has 1 N–H and O–H groups in total. The van der Waals surface area contributed by atoms with Gasteiger partial charge in [-0.3, -0.25) is 0 Å². The van der Waals surface area contributed by atoms with E-state index in [1.807, 2.05) is 0 Å². The third-order valence-electron chi connectivity index (χ3n) is 4.78. The van der Waals surface area contributed by atoms with Crippen LogP contribution in [0.5, 0.6) is 0 Å². The highest BCUT2D eigenvalue weighted by Crippen LogP contribution is 2.33. The van der Waals surface area contributed by atoms with Crippen LogP contribution in [0.2, 0.25) is 0 Å². The summed E-state index contributed by atoms with van der Waals surface area (Å²) < 4.78 is 0. The summed E-state index contributed by atoms with van der Waals surface area (Å²) in [5.74, 6) is 0. The van der Waals surface area contributed by atoms with Crippen LogP contribution in [0.4, 0.5) is 5.69 Å². The van der Waals surface area contributed by atoms with Crippen molar-refractivity contribution in [1.29, 1.82) is 0 Å². The molecule has 0 spiro atoms. The number of hydrogen-bond acceptors (Lipinski definition) is 2. The zero-order chi connectivity index (χ0) is 15.1. The van der Waals surface area contributed by atoms with Crippen molar-refractivity contribution in [2.75, 3.05) is 18.0 Å². The molecule has 21 heavy (non-hydrogen) atoms. The zero-order valence-corrected chi connectivity index (χ0v) is 14.1. The van der Waals surface area contributed by atoms with Crippen LogP contribution in [0.3, 0.4) is 0 Å². The Balaban J connectivity index is 2.25. The van der Waals surface area contributed by atoms with E-state index in [2.05, 4.69) is 55.3 Å². The van der Waals surface area contributed by atoms with Crippen molar-refractivity contribution in [3.8, 4) is 0 Å². The van der Waals surface area contributed by atoms with Crippen molar-refractivity contribution in [1.82, 2.24) is 5.32 Å². The number of rotatable bonds is 8. The van der Waals surface area contributed by atoms with Crippen molar-refractivity contribution in [3.63, 3.8) is 0 Å². The zero-order valence-electron chi connectivity index (χ0n) is 14.1. The third kappa shape index (κ3) is 4.00. The van der Waals surface area contributed by atoms with E-state index in [0.717, 1.165) is 25.6 Å². The number of hydrogen-bond donors (Lipinski definition) is 1. The topological polar surface area (TPSA) is 15.3 Å². The summed E-state index contributed by atoms with van der Waals surface area (Å²) in [6.07, 6.45) is 7.87. The summed E-state index contributed by atoms with van der Waals surface area (Å²) in [6.45, 7) is 9.04. The van der Waals surface area contributed by atoms with Gasteiger partial charge in [0.2, 0.25) is 0 Å². The molecule has 1 aliphatic rings. The first-order valence-electron chi connectivity index (χ1n) is 8.90. The highest BCUT2D eigenvalue weighted by Gasteiger charge is 2.24. The molecule has 0 bridgehead atoms. The average Bonchev–Trinajstić information content (AvgIpc) is 3.04. The summed E-state index contributed by atoms with van der Waals surface area (Å²) in [7, 11) is 0. The largest absolute Gasteiger partial charge is 0.369 e. The Bertz CT molecular complexity index is 410. The van der Waals surface area contributed by atoms with Crippen LogP contribution in [0, 0.1) is 0 Å². The lowest BCUT2D eigenvalue weighted by Crippen LogP contribution is -2.35. The first kappa shape index (κ1) is 16.4. The van der Waals surface area contributed by atoms with Gasteiger partial charge in [-0.05, 0) is 50.8 Å². The van der Waals surface area contributed by atoms with Crippen LogP contribution in [0.1, 0.15) is 70.9 Å². The first-order valence-corrected chi connectivity index (χ1v) is 8.90. The summed E-state index contributed by atoms with van der Waals surface area (Å²) in [5, 5.41) is 3.72. The van der Waals surface area contributed by atoms with Gasteiger partial charge in [0.1, 0.15) is 0 Å².